The molecule has 4 rings (SSSR count). The van der Waals surface area contributed by atoms with Crippen LogP contribution in [0, 0.1) is 12.3 Å². The van der Waals surface area contributed by atoms with E-state index in [4.69, 9.17) is 9.90 Å². The maximum atomic E-state index is 12.5. The first-order valence-corrected chi connectivity index (χ1v) is 12.2. The maximum absolute atomic E-state index is 12.5. The number of hydrogen-bond acceptors (Lipinski definition) is 5. The average molecular weight is 489 g/mol. The first-order chi connectivity index (χ1) is 15.1. The van der Waals surface area contributed by atoms with Gasteiger partial charge in [0.2, 0.25) is 0 Å². The summed E-state index contributed by atoms with van der Waals surface area (Å²) in [5.74, 6) is -2.53. The molecular weight excluding hydrogens is 461 g/mol. The number of alkyl halides is 3. The monoisotopic (exact) mass is 488 g/mol. The summed E-state index contributed by atoms with van der Waals surface area (Å²) < 4.78 is 31.7. The third-order valence-electron chi connectivity index (χ3n) is 6.21. The standard InChI is InChI=1S/C20H26N2OS2.C2HF3O2/c1-16-2-3-18(25-16)14-21-9-5-20(6-10-21)7-11-22(12-8-20)19(23)17-4-13-24-15-17;3-2(4,5)1(6)7/h2-4,13,15H,5-12,14H2,1H3;(H,6,7). The molecule has 32 heavy (non-hydrogen) atoms. The maximum Gasteiger partial charge on any atom is 0.490 e. The van der Waals surface area contributed by atoms with Crippen molar-refractivity contribution in [2.45, 2.75) is 45.3 Å². The highest BCUT2D eigenvalue weighted by molar-refractivity contribution is 7.11. The predicted molar refractivity (Wildman–Crippen MR) is 119 cm³/mol. The Kier molecular flexibility index (Phi) is 8.00. The Balaban J connectivity index is 0.000000360. The quantitative estimate of drug-likeness (QED) is 0.640. The molecule has 1 amide bonds. The van der Waals surface area contributed by atoms with Crippen molar-refractivity contribution in [2.75, 3.05) is 26.2 Å². The summed E-state index contributed by atoms with van der Waals surface area (Å²) in [4.78, 5) is 29.0. The average Bonchev–Trinajstić information content (AvgIpc) is 3.42. The van der Waals surface area contributed by atoms with Gasteiger partial charge in [-0.25, -0.2) is 4.79 Å². The van der Waals surface area contributed by atoms with Gasteiger partial charge >= 0.3 is 12.1 Å². The molecular formula is C22H27F3N2O3S2. The van der Waals surface area contributed by atoms with Crippen LogP contribution in [-0.4, -0.2) is 59.1 Å². The van der Waals surface area contributed by atoms with Gasteiger partial charge in [0, 0.05) is 34.8 Å². The lowest BCUT2D eigenvalue weighted by molar-refractivity contribution is -0.192. The Labute approximate surface area is 193 Å². The fraction of sp³-hybridized carbons (Fsp3) is 0.545. The van der Waals surface area contributed by atoms with E-state index >= 15 is 0 Å². The van der Waals surface area contributed by atoms with Crippen LogP contribution in [0.15, 0.2) is 29.0 Å². The van der Waals surface area contributed by atoms with Gasteiger partial charge in [0.15, 0.2) is 0 Å². The normalized spacial score (nSPS) is 18.8. The topological polar surface area (TPSA) is 60.9 Å². The number of nitrogens with zero attached hydrogens (tertiary/aromatic N) is 2. The van der Waals surface area contributed by atoms with Gasteiger partial charge in [-0.3, -0.25) is 9.69 Å². The number of carboxylic acids is 1. The third-order valence-corrected chi connectivity index (χ3v) is 7.88. The van der Waals surface area contributed by atoms with E-state index in [-0.39, 0.29) is 5.91 Å². The van der Waals surface area contributed by atoms with Gasteiger partial charge in [0.1, 0.15) is 0 Å². The minimum atomic E-state index is -5.08. The van der Waals surface area contributed by atoms with Crippen molar-refractivity contribution in [3.05, 3.63) is 44.3 Å². The molecule has 0 aliphatic carbocycles. The summed E-state index contributed by atoms with van der Waals surface area (Å²) in [7, 11) is 0. The van der Waals surface area contributed by atoms with Crippen LogP contribution >= 0.6 is 22.7 Å². The van der Waals surface area contributed by atoms with Gasteiger partial charge < -0.3 is 10.0 Å². The van der Waals surface area contributed by atoms with Crippen LogP contribution in [0.5, 0.6) is 0 Å². The lowest BCUT2D eigenvalue weighted by atomic mass is 9.71. The van der Waals surface area contributed by atoms with Gasteiger partial charge in [-0.15, -0.1) is 11.3 Å². The Bertz CT molecular complexity index is 894. The number of piperidine rings is 2. The first-order valence-electron chi connectivity index (χ1n) is 10.5. The van der Waals surface area contributed by atoms with Crippen molar-refractivity contribution in [3.63, 3.8) is 0 Å². The summed E-state index contributed by atoms with van der Waals surface area (Å²) in [6.07, 6.45) is -0.153. The number of carbonyl (C=O) groups excluding carboxylic acids is 1. The molecule has 5 nitrogen and oxygen atoms in total. The molecule has 4 heterocycles. The Hall–Kier alpha value is -1.91. The van der Waals surface area contributed by atoms with E-state index in [0.29, 0.717) is 5.41 Å². The van der Waals surface area contributed by atoms with E-state index in [2.05, 4.69) is 28.9 Å². The highest BCUT2D eigenvalue weighted by atomic mass is 32.1. The molecule has 2 aromatic rings. The number of aryl methyl sites for hydroxylation is 1. The molecule has 0 atom stereocenters. The number of rotatable bonds is 3. The number of carbonyl (C=O) groups is 2. The van der Waals surface area contributed by atoms with Crippen LogP contribution < -0.4 is 0 Å². The van der Waals surface area contributed by atoms with Gasteiger partial charge in [0.05, 0.1) is 5.56 Å². The third kappa shape index (κ3) is 6.55. The molecule has 2 saturated heterocycles. The van der Waals surface area contributed by atoms with Crippen molar-refractivity contribution in [1.82, 2.24) is 9.80 Å². The second kappa shape index (κ2) is 10.4. The number of likely N-dealkylation sites (tertiary alicyclic amines) is 2. The van der Waals surface area contributed by atoms with Gasteiger partial charge in [0.25, 0.3) is 5.91 Å². The Morgan fingerprint density at radius 1 is 1.06 bits per heavy atom. The molecule has 10 heteroatoms. The molecule has 0 aromatic carbocycles. The summed E-state index contributed by atoms with van der Waals surface area (Å²) in [6, 6.07) is 6.45. The number of amides is 1. The molecule has 0 unspecified atom stereocenters. The lowest BCUT2D eigenvalue weighted by Gasteiger charge is -2.46. The second-order valence-corrected chi connectivity index (χ2v) is 10.5. The zero-order chi connectivity index (χ0) is 23.4. The van der Waals surface area contributed by atoms with Crippen molar-refractivity contribution < 1.29 is 27.9 Å². The van der Waals surface area contributed by atoms with Crippen molar-refractivity contribution >= 4 is 34.6 Å². The SMILES string of the molecule is Cc1ccc(CN2CCC3(CC2)CCN(C(=O)c2ccsc2)CC3)s1.O=C(O)C(F)(F)F. The number of aliphatic carboxylic acids is 1. The zero-order valence-corrected chi connectivity index (χ0v) is 19.5. The summed E-state index contributed by atoms with van der Waals surface area (Å²) in [6.45, 7) is 7.56. The summed E-state index contributed by atoms with van der Waals surface area (Å²) in [5.41, 5.74) is 1.34. The molecule has 2 fully saturated rings. The Morgan fingerprint density at radius 3 is 2.12 bits per heavy atom. The minimum Gasteiger partial charge on any atom is -0.475 e. The number of halogens is 3. The van der Waals surface area contributed by atoms with Crippen LogP contribution in [0.3, 0.4) is 0 Å². The van der Waals surface area contributed by atoms with E-state index in [0.717, 1.165) is 25.2 Å². The number of carboxylic acid groups (broad SMARTS) is 1. The molecule has 2 aliphatic rings. The molecule has 1 spiro atoms. The highest BCUT2D eigenvalue weighted by Crippen LogP contribution is 2.42. The molecule has 2 aliphatic heterocycles. The van der Waals surface area contributed by atoms with E-state index in [1.165, 1.54) is 48.5 Å². The van der Waals surface area contributed by atoms with E-state index in [1.54, 1.807) is 11.3 Å². The minimum absolute atomic E-state index is 0.224. The number of thiophene rings is 2. The predicted octanol–water partition coefficient (Wildman–Crippen LogP) is 5.27. The largest absolute Gasteiger partial charge is 0.490 e. The van der Waals surface area contributed by atoms with Gasteiger partial charge in [-0.2, -0.15) is 24.5 Å². The van der Waals surface area contributed by atoms with Crippen molar-refractivity contribution in [3.8, 4) is 0 Å². The first kappa shape index (κ1) is 24.7. The van der Waals surface area contributed by atoms with Crippen LogP contribution in [-0.2, 0) is 11.3 Å². The van der Waals surface area contributed by atoms with Crippen molar-refractivity contribution in [2.24, 2.45) is 5.41 Å². The molecule has 0 saturated carbocycles. The van der Waals surface area contributed by atoms with E-state index < -0.39 is 12.1 Å². The van der Waals surface area contributed by atoms with Crippen LogP contribution in [0.4, 0.5) is 13.2 Å². The van der Waals surface area contributed by atoms with Crippen LogP contribution in [0.25, 0.3) is 0 Å². The summed E-state index contributed by atoms with van der Waals surface area (Å²) in [5, 5.41) is 11.1. The van der Waals surface area contributed by atoms with Crippen LogP contribution in [0.2, 0.25) is 0 Å². The number of hydrogen-bond donors (Lipinski definition) is 1. The zero-order valence-electron chi connectivity index (χ0n) is 17.9. The molecule has 2 aromatic heterocycles. The molecule has 0 radical (unpaired) electrons. The van der Waals surface area contributed by atoms with Crippen molar-refractivity contribution in [1.29, 1.82) is 0 Å². The fourth-order valence-electron chi connectivity index (χ4n) is 4.23. The van der Waals surface area contributed by atoms with E-state index in [1.807, 2.05) is 28.2 Å². The molecule has 176 valence electrons. The highest BCUT2D eigenvalue weighted by Gasteiger charge is 2.39. The van der Waals surface area contributed by atoms with E-state index in [9.17, 15) is 18.0 Å². The molecule has 1 N–H and O–H groups in total. The summed E-state index contributed by atoms with van der Waals surface area (Å²) >= 11 is 3.53. The van der Waals surface area contributed by atoms with Crippen LogP contribution in [0.1, 0.15) is 45.8 Å². The fourth-order valence-corrected chi connectivity index (χ4v) is 5.79. The second-order valence-electron chi connectivity index (χ2n) is 8.40. The van der Waals surface area contributed by atoms with Gasteiger partial charge in [-0.05, 0) is 74.7 Å². The molecule has 0 bridgehead atoms. The lowest BCUT2D eigenvalue weighted by Crippen LogP contribution is -2.48. The van der Waals surface area contributed by atoms with Gasteiger partial charge in [-0.1, -0.05) is 0 Å². The smallest absolute Gasteiger partial charge is 0.475 e. The Morgan fingerprint density at radius 2 is 1.66 bits per heavy atom.